The highest BCUT2D eigenvalue weighted by Crippen LogP contribution is 2.27. The number of carbonyl (C=O) groups is 1. The molecule has 0 saturated carbocycles. The molecular weight excluding hydrogens is 364 g/mol. The molecule has 1 fully saturated rings. The van der Waals surface area contributed by atoms with Crippen LogP contribution in [-0.2, 0) is 4.79 Å². The number of benzene rings is 2. The molecule has 1 aliphatic rings. The Balaban J connectivity index is 1.53. The van der Waals surface area contributed by atoms with Gasteiger partial charge in [0.05, 0.1) is 0 Å². The van der Waals surface area contributed by atoms with Crippen LogP contribution in [0.5, 0.6) is 11.5 Å². The van der Waals surface area contributed by atoms with Crippen LogP contribution in [0.15, 0.2) is 48.5 Å². The van der Waals surface area contributed by atoms with Gasteiger partial charge in [0.2, 0.25) is 0 Å². The molecule has 5 nitrogen and oxygen atoms in total. The van der Waals surface area contributed by atoms with E-state index in [4.69, 9.17) is 9.47 Å². The van der Waals surface area contributed by atoms with Gasteiger partial charge in [-0.05, 0) is 68.6 Å². The van der Waals surface area contributed by atoms with Gasteiger partial charge in [-0.15, -0.1) is 0 Å². The molecule has 0 aromatic heterocycles. The summed E-state index contributed by atoms with van der Waals surface area (Å²) >= 11 is 0. The van der Waals surface area contributed by atoms with Crippen LogP contribution in [0.3, 0.4) is 0 Å². The monoisotopic (exact) mass is 396 g/mol. The third-order valence-corrected chi connectivity index (χ3v) is 5.30. The molecule has 0 bridgehead atoms. The molecule has 1 atom stereocenters. The lowest BCUT2D eigenvalue weighted by Gasteiger charge is -2.29. The minimum Gasteiger partial charge on any atom is -0.490 e. The first kappa shape index (κ1) is 21.2. The van der Waals surface area contributed by atoms with Crippen molar-refractivity contribution in [3.05, 3.63) is 54.1 Å². The fraction of sp³-hybridized carbons (Fsp3) is 0.458. The molecule has 0 spiro atoms. The Morgan fingerprint density at radius 2 is 1.69 bits per heavy atom. The number of anilines is 1. The van der Waals surface area contributed by atoms with Crippen molar-refractivity contribution >= 4 is 11.6 Å². The van der Waals surface area contributed by atoms with Gasteiger partial charge in [0.15, 0.2) is 6.10 Å². The molecule has 1 unspecified atom stereocenters. The number of nitrogens with one attached hydrogen (secondary N) is 1. The molecule has 0 aliphatic carbocycles. The zero-order chi connectivity index (χ0) is 20.8. The molecule has 1 N–H and O–H groups in total. The molecular formula is C24H32N2O3. The van der Waals surface area contributed by atoms with Crippen LogP contribution in [0.4, 0.5) is 5.69 Å². The number of hydrogen-bond acceptors (Lipinski definition) is 4. The number of likely N-dealkylation sites (tertiary alicyclic amines) is 1. The Morgan fingerprint density at radius 1 is 1.03 bits per heavy atom. The highest BCUT2D eigenvalue weighted by molar-refractivity contribution is 5.94. The first-order valence-electron chi connectivity index (χ1n) is 10.4. The van der Waals surface area contributed by atoms with E-state index < -0.39 is 6.10 Å². The lowest BCUT2D eigenvalue weighted by atomic mass is 10.0. The summed E-state index contributed by atoms with van der Waals surface area (Å²) in [5.41, 5.74) is 1.83. The fourth-order valence-electron chi connectivity index (χ4n) is 3.46. The van der Waals surface area contributed by atoms with E-state index in [0.29, 0.717) is 5.92 Å². The zero-order valence-electron chi connectivity index (χ0n) is 17.9. The normalized spacial score (nSPS) is 16.4. The number of para-hydroxylation sites is 1. The van der Waals surface area contributed by atoms with Gasteiger partial charge in [0, 0.05) is 18.8 Å². The first-order valence-corrected chi connectivity index (χ1v) is 10.4. The molecule has 1 saturated heterocycles. The predicted octanol–water partition coefficient (Wildman–Crippen LogP) is 4.69. The Kier molecular flexibility index (Phi) is 7.15. The van der Waals surface area contributed by atoms with E-state index in [1.54, 1.807) is 6.92 Å². The van der Waals surface area contributed by atoms with Crippen LogP contribution in [0, 0.1) is 0 Å². The molecule has 0 radical (unpaired) electrons. The summed E-state index contributed by atoms with van der Waals surface area (Å²) in [5.74, 6) is 1.76. The van der Waals surface area contributed by atoms with E-state index in [9.17, 15) is 4.79 Å². The first-order chi connectivity index (χ1) is 13.9. The van der Waals surface area contributed by atoms with Crippen molar-refractivity contribution in [2.75, 3.05) is 25.5 Å². The maximum absolute atomic E-state index is 12.6. The Bertz CT molecular complexity index is 796. The van der Waals surface area contributed by atoms with Crippen LogP contribution in [0.25, 0.3) is 0 Å². The molecule has 1 heterocycles. The smallest absolute Gasteiger partial charge is 0.265 e. The molecule has 2 aromatic rings. The average molecular weight is 397 g/mol. The van der Waals surface area contributed by atoms with E-state index >= 15 is 0 Å². The van der Waals surface area contributed by atoms with Crippen molar-refractivity contribution in [1.29, 1.82) is 0 Å². The van der Waals surface area contributed by atoms with Gasteiger partial charge in [-0.3, -0.25) is 4.79 Å². The second-order valence-corrected chi connectivity index (χ2v) is 8.09. The van der Waals surface area contributed by atoms with E-state index in [1.165, 1.54) is 0 Å². The summed E-state index contributed by atoms with van der Waals surface area (Å²) in [7, 11) is 2.14. The van der Waals surface area contributed by atoms with Gasteiger partial charge in [-0.1, -0.05) is 32.0 Å². The van der Waals surface area contributed by atoms with Gasteiger partial charge < -0.3 is 19.7 Å². The number of ether oxygens (including phenoxy) is 2. The predicted molar refractivity (Wildman–Crippen MR) is 117 cm³/mol. The molecule has 2 aromatic carbocycles. The van der Waals surface area contributed by atoms with Crippen LogP contribution in [0.2, 0.25) is 0 Å². The minimum absolute atomic E-state index is 0.174. The number of nitrogens with zero attached hydrogens (tertiary/aromatic N) is 1. The van der Waals surface area contributed by atoms with Crippen molar-refractivity contribution in [2.24, 2.45) is 0 Å². The summed E-state index contributed by atoms with van der Waals surface area (Å²) in [6.07, 6.45) is 1.76. The number of amides is 1. The lowest BCUT2D eigenvalue weighted by molar-refractivity contribution is -0.122. The Hall–Kier alpha value is -2.53. The maximum atomic E-state index is 12.6. The van der Waals surface area contributed by atoms with E-state index in [2.05, 4.69) is 31.1 Å². The van der Waals surface area contributed by atoms with Crippen molar-refractivity contribution < 1.29 is 14.3 Å². The average Bonchev–Trinajstić information content (AvgIpc) is 2.71. The number of carbonyl (C=O) groups excluding carboxylic acids is 1. The summed E-state index contributed by atoms with van der Waals surface area (Å²) in [4.78, 5) is 14.9. The zero-order valence-corrected chi connectivity index (χ0v) is 17.9. The summed E-state index contributed by atoms with van der Waals surface area (Å²) in [5, 5.41) is 2.92. The highest BCUT2D eigenvalue weighted by Gasteiger charge is 2.19. The molecule has 5 heteroatoms. The fourth-order valence-corrected chi connectivity index (χ4v) is 3.46. The van der Waals surface area contributed by atoms with Crippen LogP contribution >= 0.6 is 0 Å². The lowest BCUT2D eigenvalue weighted by Crippen LogP contribution is -2.35. The van der Waals surface area contributed by atoms with Crippen LogP contribution in [-0.4, -0.2) is 43.2 Å². The molecule has 156 valence electrons. The summed E-state index contributed by atoms with van der Waals surface area (Å²) in [6, 6.07) is 15.4. The molecule has 1 aliphatic heterocycles. The number of rotatable bonds is 7. The standard InChI is InChI=1S/C24H32N2O3/c1-17(2)22-7-5-6-8-23(22)28-18(3)24(27)25-19-9-11-20(12-10-19)29-21-13-15-26(4)16-14-21/h5-12,17-18,21H,13-16H2,1-4H3,(H,25,27). The van der Waals surface area contributed by atoms with E-state index in [0.717, 1.165) is 48.7 Å². The summed E-state index contributed by atoms with van der Waals surface area (Å²) < 4.78 is 12.0. The van der Waals surface area contributed by atoms with Crippen LogP contribution < -0.4 is 14.8 Å². The van der Waals surface area contributed by atoms with Crippen molar-refractivity contribution in [2.45, 2.75) is 51.7 Å². The number of hydrogen-bond donors (Lipinski definition) is 1. The largest absolute Gasteiger partial charge is 0.490 e. The highest BCUT2D eigenvalue weighted by atomic mass is 16.5. The van der Waals surface area contributed by atoms with Crippen LogP contribution in [0.1, 0.15) is 45.1 Å². The third kappa shape index (κ3) is 5.97. The van der Waals surface area contributed by atoms with Gasteiger partial charge in [0.25, 0.3) is 5.91 Å². The molecule has 29 heavy (non-hydrogen) atoms. The molecule has 1 amide bonds. The maximum Gasteiger partial charge on any atom is 0.265 e. The SMILES string of the molecule is CC(Oc1ccccc1C(C)C)C(=O)Nc1ccc(OC2CCN(C)CC2)cc1. The van der Waals surface area contributed by atoms with Crippen molar-refractivity contribution in [3.8, 4) is 11.5 Å². The van der Waals surface area contributed by atoms with Crippen molar-refractivity contribution in [1.82, 2.24) is 4.90 Å². The Morgan fingerprint density at radius 3 is 2.34 bits per heavy atom. The third-order valence-electron chi connectivity index (χ3n) is 5.30. The van der Waals surface area contributed by atoms with E-state index in [-0.39, 0.29) is 12.0 Å². The Labute approximate surface area is 174 Å². The van der Waals surface area contributed by atoms with Crippen molar-refractivity contribution in [3.63, 3.8) is 0 Å². The number of piperidine rings is 1. The van der Waals surface area contributed by atoms with Gasteiger partial charge >= 0.3 is 0 Å². The topological polar surface area (TPSA) is 50.8 Å². The summed E-state index contributed by atoms with van der Waals surface area (Å²) in [6.45, 7) is 8.13. The quantitative estimate of drug-likeness (QED) is 0.738. The van der Waals surface area contributed by atoms with Gasteiger partial charge in [-0.25, -0.2) is 0 Å². The van der Waals surface area contributed by atoms with E-state index in [1.807, 2.05) is 48.5 Å². The van der Waals surface area contributed by atoms with Gasteiger partial charge in [0.1, 0.15) is 17.6 Å². The molecule has 3 rings (SSSR count). The second-order valence-electron chi connectivity index (χ2n) is 8.09. The van der Waals surface area contributed by atoms with Gasteiger partial charge in [-0.2, -0.15) is 0 Å². The minimum atomic E-state index is -0.593. The second kappa shape index (κ2) is 9.79.